The van der Waals surface area contributed by atoms with Gasteiger partial charge in [0, 0.05) is 55.5 Å². The normalized spacial score (nSPS) is 14.2. The van der Waals surface area contributed by atoms with Crippen LogP contribution in [0.15, 0.2) is 0 Å². The Hall–Kier alpha value is -0.240. The first-order valence-corrected chi connectivity index (χ1v) is 16.2. The third-order valence-corrected chi connectivity index (χ3v) is 8.79. The molecule has 0 rings (SSSR count). The van der Waals surface area contributed by atoms with E-state index >= 15 is 0 Å². The van der Waals surface area contributed by atoms with Crippen molar-refractivity contribution in [2.45, 2.75) is 161 Å². The minimum absolute atomic E-state index is 0.786. The molecule has 0 bridgehead atoms. The average Bonchev–Trinajstić information content (AvgIpc) is 2.97. The highest BCUT2D eigenvalue weighted by atomic mass is 16.9. The Labute approximate surface area is 243 Å². The van der Waals surface area contributed by atoms with Gasteiger partial charge < -0.3 is 28.4 Å². The molecule has 0 aliphatic rings. The summed E-state index contributed by atoms with van der Waals surface area (Å²) in [6.07, 6.45) is 26.7. The summed E-state index contributed by atoms with van der Waals surface area (Å²) >= 11 is 0. The van der Waals surface area contributed by atoms with Crippen LogP contribution in [0.4, 0.5) is 0 Å². The second-order valence-electron chi connectivity index (χ2n) is 11.6. The van der Waals surface area contributed by atoms with E-state index in [0.29, 0.717) is 0 Å². The third kappa shape index (κ3) is 18.7. The van der Waals surface area contributed by atoms with Gasteiger partial charge in [0.2, 0.25) is 0 Å². The maximum absolute atomic E-state index is 5.37. The Bertz CT molecular complexity index is 490. The molecular formula is C33H68O6. The highest BCUT2D eigenvalue weighted by Gasteiger charge is 2.29. The van der Waals surface area contributed by atoms with Gasteiger partial charge in [0.25, 0.3) is 11.9 Å². The summed E-state index contributed by atoms with van der Waals surface area (Å²) in [5, 5.41) is 0. The molecule has 0 N–H and O–H groups in total. The predicted octanol–water partition coefficient (Wildman–Crippen LogP) is 9.64. The lowest BCUT2D eigenvalue weighted by molar-refractivity contribution is -0.355. The lowest BCUT2D eigenvalue weighted by atomic mass is 9.88. The number of rotatable bonds is 30. The van der Waals surface area contributed by atoms with Crippen LogP contribution in [0.3, 0.4) is 0 Å². The maximum atomic E-state index is 5.37. The number of ether oxygens (including phenoxy) is 6. The first kappa shape index (κ1) is 38.8. The van der Waals surface area contributed by atoms with Crippen molar-refractivity contribution in [3.63, 3.8) is 0 Å². The van der Waals surface area contributed by atoms with E-state index in [4.69, 9.17) is 28.4 Å². The number of hydrogen-bond acceptors (Lipinski definition) is 6. The maximum Gasteiger partial charge on any atom is 0.282 e. The van der Waals surface area contributed by atoms with Gasteiger partial charge in [-0.25, -0.2) is 0 Å². The summed E-state index contributed by atoms with van der Waals surface area (Å²) in [5.41, 5.74) is 0. The monoisotopic (exact) mass is 561 g/mol. The Morgan fingerprint density at radius 2 is 0.744 bits per heavy atom. The molecule has 0 aliphatic carbocycles. The van der Waals surface area contributed by atoms with Gasteiger partial charge in [-0.3, -0.25) is 0 Å². The van der Waals surface area contributed by atoms with Gasteiger partial charge >= 0.3 is 0 Å². The molecule has 0 aromatic rings. The largest absolute Gasteiger partial charge is 0.331 e. The Kier molecular flexibility index (Phi) is 25.3. The van der Waals surface area contributed by atoms with E-state index in [9.17, 15) is 0 Å². The topological polar surface area (TPSA) is 55.4 Å². The van der Waals surface area contributed by atoms with Gasteiger partial charge in [-0.1, -0.05) is 123 Å². The van der Waals surface area contributed by atoms with Crippen molar-refractivity contribution in [1.29, 1.82) is 0 Å². The number of methoxy groups -OCH3 is 6. The zero-order valence-corrected chi connectivity index (χ0v) is 27.5. The summed E-state index contributed by atoms with van der Waals surface area (Å²) < 4.78 is 32.2. The van der Waals surface area contributed by atoms with E-state index in [1.165, 1.54) is 109 Å². The fourth-order valence-corrected chi connectivity index (χ4v) is 5.71. The highest BCUT2D eigenvalue weighted by Crippen LogP contribution is 2.26. The van der Waals surface area contributed by atoms with E-state index in [2.05, 4.69) is 13.8 Å². The lowest BCUT2D eigenvalue weighted by Crippen LogP contribution is -2.35. The Morgan fingerprint density at radius 1 is 0.410 bits per heavy atom. The van der Waals surface area contributed by atoms with Crippen LogP contribution in [0.5, 0.6) is 0 Å². The molecule has 6 heteroatoms. The average molecular weight is 561 g/mol. The van der Waals surface area contributed by atoms with Gasteiger partial charge in [0.15, 0.2) is 0 Å². The van der Waals surface area contributed by atoms with Gasteiger partial charge in [-0.05, 0) is 24.7 Å². The van der Waals surface area contributed by atoms with Gasteiger partial charge in [-0.15, -0.1) is 0 Å². The Morgan fingerprint density at radius 3 is 1.10 bits per heavy atom. The molecule has 6 nitrogen and oxygen atoms in total. The number of unbranched alkanes of at least 4 members (excludes halogenated alkanes) is 12. The van der Waals surface area contributed by atoms with Crippen molar-refractivity contribution in [3.8, 4) is 0 Å². The molecule has 2 atom stereocenters. The summed E-state index contributed by atoms with van der Waals surface area (Å²) in [6, 6.07) is 0. The van der Waals surface area contributed by atoms with Crippen LogP contribution in [-0.2, 0) is 28.4 Å². The van der Waals surface area contributed by atoms with E-state index in [0.717, 1.165) is 37.5 Å². The van der Waals surface area contributed by atoms with Crippen LogP contribution in [0.1, 0.15) is 149 Å². The highest BCUT2D eigenvalue weighted by molar-refractivity contribution is 4.63. The van der Waals surface area contributed by atoms with E-state index in [1.54, 1.807) is 42.7 Å². The predicted molar refractivity (Wildman–Crippen MR) is 163 cm³/mol. The molecule has 0 saturated carbocycles. The van der Waals surface area contributed by atoms with Crippen molar-refractivity contribution in [1.82, 2.24) is 0 Å². The van der Waals surface area contributed by atoms with E-state index in [1.807, 2.05) is 0 Å². The van der Waals surface area contributed by atoms with Gasteiger partial charge in [0.1, 0.15) is 0 Å². The molecule has 39 heavy (non-hydrogen) atoms. The summed E-state index contributed by atoms with van der Waals surface area (Å²) in [4.78, 5) is 0. The standard InChI is InChI=1S/C33H68O6/c1-9-31(25-21-17-13-11-15-19-23-29-33(37-6,38-7)39-8)27-26-30(2)24-20-16-12-10-14-18-22-28-32(34-3,35-4)36-5/h30-31H,9-29H2,1-8H3. The molecule has 0 fully saturated rings. The van der Waals surface area contributed by atoms with Crippen LogP contribution in [0.25, 0.3) is 0 Å². The SMILES string of the molecule is CCC(CCCCCCCCCC(OC)(OC)OC)CCC(C)CCCCCCCCCC(OC)(OC)OC. The smallest absolute Gasteiger partial charge is 0.282 e. The summed E-state index contributed by atoms with van der Waals surface area (Å²) in [6.45, 7) is 4.85. The number of hydrogen-bond donors (Lipinski definition) is 0. The lowest BCUT2D eigenvalue weighted by Gasteiger charge is -2.28. The van der Waals surface area contributed by atoms with Crippen molar-refractivity contribution < 1.29 is 28.4 Å². The minimum Gasteiger partial charge on any atom is -0.331 e. The minimum atomic E-state index is -0.860. The van der Waals surface area contributed by atoms with E-state index in [-0.39, 0.29) is 0 Å². The molecule has 0 amide bonds. The molecule has 0 aromatic heterocycles. The van der Waals surface area contributed by atoms with Crippen LogP contribution in [0.2, 0.25) is 0 Å². The van der Waals surface area contributed by atoms with Gasteiger partial charge in [-0.2, -0.15) is 0 Å². The van der Waals surface area contributed by atoms with Gasteiger partial charge in [0.05, 0.1) is 0 Å². The molecule has 0 spiro atoms. The fourth-order valence-electron chi connectivity index (χ4n) is 5.71. The molecule has 0 heterocycles. The van der Waals surface area contributed by atoms with Crippen LogP contribution in [0, 0.1) is 11.8 Å². The van der Waals surface area contributed by atoms with Crippen molar-refractivity contribution in [2.75, 3.05) is 42.7 Å². The first-order chi connectivity index (χ1) is 18.9. The molecule has 0 saturated heterocycles. The van der Waals surface area contributed by atoms with Crippen molar-refractivity contribution in [3.05, 3.63) is 0 Å². The molecule has 236 valence electrons. The summed E-state index contributed by atoms with van der Waals surface area (Å²) in [5.74, 6) is 0.0758. The first-order valence-electron chi connectivity index (χ1n) is 16.2. The Balaban J connectivity index is 3.67. The second-order valence-corrected chi connectivity index (χ2v) is 11.6. The molecule has 0 aromatic carbocycles. The second kappa shape index (κ2) is 25.5. The van der Waals surface area contributed by atoms with Crippen molar-refractivity contribution in [2.24, 2.45) is 11.8 Å². The van der Waals surface area contributed by atoms with Crippen molar-refractivity contribution >= 4 is 0 Å². The van der Waals surface area contributed by atoms with Crippen LogP contribution >= 0.6 is 0 Å². The molecule has 2 unspecified atom stereocenters. The molecule has 0 radical (unpaired) electrons. The van der Waals surface area contributed by atoms with E-state index < -0.39 is 11.9 Å². The molecular weight excluding hydrogens is 492 g/mol. The zero-order valence-electron chi connectivity index (χ0n) is 27.5. The zero-order chi connectivity index (χ0) is 29.2. The van der Waals surface area contributed by atoms with Crippen LogP contribution in [-0.4, -0.2) is 54.6 Å². The molecule has 0 aliphatic heterocycles. The van der Waals surface area contributed by atoms with Crippen LogP contribution < -0.4 is 0 Å². The third-order valence-electron chi connectivity index (χ3n) is 8.79. The summed E-state index contributed by atoms with van der Waals surface area (Å²) in [7, 11) is 9.85. The quantitative estimate of drug-likeness (QED) is 0.0644. The fraction of sp³-hybridized carbons (Fsp3) is 1.00.